The number of ether oxygens (including phenoxy) is 1. The highest BCUT2D eigenvalue weighted by atomic mass is 79.9. The maximum Gasteiger partial charge on any atom is 0.134 e. The van der Waals surface area contributed by atoms with Gasteiger partial charge in [0, 0.05) is 18.6 Å². The predicted octanol–water partition coefficient (Wildman–Crippen LogP) is 3.34. The molecule has 1 aromatic rings. The number of halogens is 1. The van der Waals surface area contributed by atoms with Gasteiger partial charge in [0.15, 0.2) is 0 Å². The van der Waals surface area contributed by atoms with Crippen LogP contribution in [0.25, 0.3) is 0 Å². The monoisotopic (exact) mass is 313 g/mol. The Bertz CT molecular complexity index is 417. The van der Waals surface area contributed by atoms with Crippen LogP contribution in [0, 0.1) is 0 Å². The van der Waals surface area contributed by atoms with Crippen molar-refractivity contribution in [1.29, 1.82) is 0 Å². The summed E-state index contributed by atoms with van der Waals surface area (Å²) >= 11 is 3.44. The Morgan fingerprint density at radius 2 is 2.22 bits per heavy atom. The second-order valence-corrected chi connectivity index (χ2v) is 6.24. The zero-order valence-electron chi connectivity index (χ0n) is 11.2. The lowest BCUT2D eigenvalue weighted by Crippen LogP contribution is -2.43. The van der Waals surface area contributed by atoms with Crippen molar-refractivity contribution in [2.75, 3.05) is 18.5 Å². The molecule has 0 spiro atoms. The quantitative estimate of drug-likeness (QED) is 0.869. The summed E-state index contributed by atoms with van der Waals surface area (Å²) in [4.78, 5) is 8.95. The number of hydrogen-bond acceptors (Lipinski definition) is 4. The van der Waals surface area contributed by atoms with Crippen LogP contribution in [0.5, 0.6) is 0 Å². The normalized spacial score (nSPS) is 24.3. The summed E-state index contributed by atoms with van der Waals surface area (Å²) in [5.41, 5.74) is -0.0275. The Morgan fingerprint density at radius 1 is 1.44 bits per heavy atom. The van der Waals surface area contributed by atoms with Crippen LogP contribution in [-0.2, 0) is 4.74 Å². The van der Waals surface area contributed by atoms with Gasteiger partial charge < -0.3 is 10.1 Å². The van der Waals surface area contributed by atoms with Gasteiger partial charge in [0.2, 0.25) is 0 Å². The lowest BCUT2D eigenvalue weighted by Gasteiger charge is -2.34. The summed E-state index contributed by atoms with van der Waals surface area (Å²) < 4.78 is 6.37. The van der Waals surface area contributed by atoms with E-state index in [-0.39, 0.29) is 5.54 Å². The average Bonchev–Trinajstić information content (AvgIpc) is 2.28. The molecule has 0 amide bonds. The van der Waals surface area contributed by atoms with E-state index >= 15 is 0 Å². The van der Waals surface area contributed by atoms with Gasteiger partial charge in [-0.2, -0.15) is 0 Å². The first-order valence-electron chi connectivity index (χ1n) is 6.39. The van der Waals surface area contributed by atoms with Crippen LogP contribution in [0.4, 0.5) is 5.82 Å². The van der Waals surface area contributed by atoms with Gasteiger partial charge in [-0.3, -0.25) is 0 Å². The third-order valence-electron chi connectivity index (χ3n) is 3.10. The van der Waals surface area contributed by atoms with Crippen molar-refractivity contribution in [3.05, 3.63) is 16.5 Å². The molecule has 18 heavy (non-hydrogen) atoms. The van der Waals surface area contributed by atoms with E-state index < -0.39 is 0 Å². The molecule has 1 unspecified atom stereocenters. The molecule has 1 N–H and O–H groups in total. The van der Waals surface area contributed by atoms with E-state index in [4.69, 9.17) is 4.74 Å². The number of nitrogens with one attached hydrogen (secondary N) is 1. The minimum atomic E-state index is -0.0275. The van der Waals surface area contributed by atoms with Gasteiger partial charge in [-0.15, -0.1) is 0 Å². The average molecular weight is 314 g/mol. The van der Waals surface area contributed by atoms with Crippen molar-refractivity contribution >= 4 is 21.7 Å². The van der Waals surface area contributed by atoms with Crippen LogP contribution in [0.2, 0.25) is 0 Å². The van der Waals surface area contributed by atoms with Gasteiger partial charge in [-0.25, -0.2) is 9.97 Å². The summed E-state index contributed by atoms with van der Waals surface area (Å²) in [6, 6.07) is 1.92. The van der Waals surface area contributed by atoms with E-state index in [0.717, 1.165) is 42.3 Å². The SMILES string of the molecule is CC(C)c1nc(Br)cc(NC2(C)CCCOC2)n1. The number of anilines is 1. The fourth-order valence-corrected chi connectivity index (χ4v) is 2.50. The van der Waals surface area contributed by atoms with Gasteiger partial charge in [-0.05, 0) is 35.7 Å². The Labute approximate surface area is 117 Å². The third-order valence-corrected chi connectivity index (χ3v) is 3.50. The molecule has 100 valence electrons. The highest BCUT2D eigenvalue weighted by Gasteiger charge is 2.28. The highest BCUT2D eigenvalue weighted by molar-refractivity contribution is 9.10. The lowest BCUT2D eigenvalue weighted by atomic mass is 9.95. The Morgan fingerprint density at radius 3 is 2.83 bits per heavy atom. The van der Waals surface area contributed by atoms with Gasteiger partial charge in [0.25, 0.3) is 0 Å². The molecule has 0 radical (unpaired) electrons. The maximum absolute atomic E-state index is 5.55. The molecule has 1 fully saturated rings. The van der Waals surface area contributed by atoms with Crippen LogP contribution in [0.15, 0.2) is 10.7 Å². The molecule has 2 rings (SSSR count). The highest BCUT2D eigenvalue weighted by Crippen LogP contribution is 2.25. The summed E-state index contributed by atoms with van der Waals surface area (Å²) in [5, 5.41) is 3.49. The molecule has 1 saturated heterocycles. The second kappa shape index (κ2) is 5.53. The number of nitrogens with zero attached hydrogens (tertiary/aromatic N) is 2. The standard InChI is InChI=1S/C13H20BrN3O/c1-9(2)12-15-10(14)7-11(16-12)17-13(3)5-4-6-18-8-13/h7,9H,4-6,8H2,1-3H3,(H,15,16,17). The van der Waals surface area contributed by atoms with E-state index in [9.17, 15) is 0 Å². The number of aromatic nitrogens is 2. The molecule has 4 nitrogen and oxygen atoms in total. The molecule has 1 aliphatic rings. The molecule has 1 atom stereocenters. The zero-order chi connectivity index (χ0) is 13.2. The first-order valence-corrected chi connectivity index (χ1v) is 7.18. The molecule has 0 saturated carbocycles. The Hall–Kier alpha value is -0.680. The van der Waals surface area contributed by atoms with E-state index in [0.29, 0.717) is 5.92 Å². The van der Waals surface area contributed by atoms with E-state index in [2.05, 4.69) is 52.0 Å². The molecule has 1 aliphatic heterocycles. The van der Waals surface area contributed by atoms with Crippen molar-refractivity contribution in [2.24, 2.45) is 0 Å². The van der Waals surface area contributed by atoms with E-state index in [1.165, 1.54) is 0 Å². The fourth-order valence-electron chi connectivity index (χ4n) is 2.10. The van der Waals surface area contributed by atoms with Gasteiger partial charge in [0.05, 0.1) is 12.1 Å². The van der Waals surface area contributed by atoms with Crippen molar-refractivity contribution in [3.8, 4) is 0 Å². The van der Waals surface area contributed by atoms with Crippen LogP contribution >= 0.6 is 15.9 Å². The van der Waals surface area contributed by atoms with Crippen molar-refractivity contribution in [3.63, 3.8) is 0 Å². The third kappa shape index (κ3) is 3.42. The van der Waals surface area contributed by atoms with E-state index in [1.54, 1.807) is 0 Å². The summed E-state index contributed by atoms with van der Waals surface area (Å²) in [5.74, 6) is 2.04. The summed E-state index contributed by atoms with van der Waals surface area (Å²) in [6.45, 7) is 7.96. The van der Waals surface area contributed by atoms with Crippen molar-refractivity contribution in [1.82, 2.24) is 9.97 Å². The first-order chi connectivity index (χ1) is 8.48. The molecular formula is C13H20BrN3O. The van der Waals surface area contributed by atoms with Crippen molar-refractivity contribution in [2.45, 2.75) is 45.1 Å². The minimum absolute atomic E-state index is 0.0275. The van der Waals surface area contributed by atoms with Gasteiger partial charge >= 0.3 is 0 Å². The Kier molecular flexibility index (Phi) is 4.22. The second-order valence-electron chi connectivity index (χ2n) is 5.43. The maximum atomic E-state index is 5.55. The molecule has 2 heterocycles. The van der Waals surface area contributed by atoms with Crippen molar-refractivity contribution < 1.29 is 4.74 Å². The molecule has 1 aromatic heterocycles. The Balaban J connectivity index is 2.17. The molecule has 0 aliphatic carbocycles. The van der Waals surface area contributed by atoms with Crippen LogP contribution in [-0.4, -0.2) is 28.7 Å². The fraction of sp³-hybridized carbons (Fsp3) is 0.692. The smallest absolute Gasteiger partial charge is 0.134 e. The summed E-state index contributed by atoms with van der Waals surface area (Å²) in [6.07, 6.45) is 2.19. The molecular weight excluding hydrogens is 294 g/mol. The van der Waals surface area contributed by atoms with E-state index in [1.807, 2.05) is 6.07 Å². The number of rotatable bonds is 3. The zero-order valence-corrected chi connectivity index (χ0v) is 12.7. The van der Waals surface area contributed by atoms with Crippen LogP contribution in [0.1, 0.15) is 45.4 Å². The molecule has 5 heteroatoms. The van der Waals surface area contributed by atoms with Gasteiger partial charge in [-0.1, -0.05) is 13.8 Å². The molecule has 0 aromatic carbocycles. The minimum Gasteiger partial charge on any atom is -0.379 e. The van der Waals surface area contributed by atoms with Crippen LogP contribution < -0.4 is 5.32 Å². The van der Waals surface area contributed by atoms with Gasteiger partial charge in [0.1, 0.15) is 16.2 Å². The first kappa shape index (κ1) is 13.7. The number of hydrogen-bond donors (Lipinski definition) is 1. The summed E-state index contributed by atoms with van der Waals surface area (Å²) in [7, 11) is 0. The lowest BCUT2D eigenvalue weighted by molar-refractivity contribution is 0.0539. The molecule has 0 bridgehead atoms. The largest absolute Gasteiger partial charge is 0.379 e. The van der Waals surface area contributed by atoms with Crippen LogP contribution in [0.3, 0.4) is 0 Å². The topological polar surface area (TPSA) is 47.0 Å². The predicted molar refractivity (Wildman–Crippen MR) is 75.9 cm³/mol.